The Balaban J connectivity index is 2.14. The van der Waals surface area contributed by atoms with Gasteiger partial charge in [0.15, 0.2) is 16.3 Å². The fourth-order valence-corrected chi connectivity index (χ4v) is 4.34. The Bertz CT molecular complexity index is 1040. The molecule has 142 valence electrons. The third kappa shape index (κ3) is 4.07. The maximum atomic E-state index is 12.9. The van der Waals surface area contributed by atoms with Crippen LogP contribution in [0.4, 0.5) is 0 Å². The summed E-state index contributed by atoms with van der Waals surface area (Å²) in [6, 6.07) is 11.1. The summed E-state index contributed by atoms with van der Waals surface area (Å²) in [5.41, 5.74) is 1.36. The number of thiazole rings is 1. The Hall–Kier alpha value is -2.16. The van der Waals surface area contributed by atoms with Crippen LogP contribution in [-0.2, 0) is 11.3 Å². The predicted molar refractivity (Wildman–Crippen MR) is 109 cm³/mol. The molecule has 0 aliphatic heterocycles. The minimum atomic E-state index is -0.387. The van der Waals surface area contributed by atoms with Crippen LogP contribution < -0.4 is 14.3 Å². The lowest BCUT2D eigenvalue weighted by Crippen LogP contribution is -2.19. The van der Waals surface area contributed by atoms with Gasteiger partial charge in [0.05, 0.1) is 36.6 Å². The minimum absolute atomic E-state index is 0.355. The smallest absolute Gasteiger partial charge is 0.283 e. The van der Waals surface area contributed by atoms with Gasteiger partial charge >= 0.3 is 0 Å². The van der Waals surface area contributed by atoms with Gasteiger partial charge in [0.1, 0.15) is 0 Å². The highest BCUT2D eigenvalue weighted by Crippen LogP contribution is 2.31. The second kappa shape index (κ2) is 8.69. The number of hydrogen-bond acceptors (Lipinski definition) is 5. The molecule has 2 aromatic carbocycles. The molecule has 0 bridgehead atoms. The summed E-state index contributed by atoms with van der Waals surface area (Å²) < 4.78 is 19.8. The van der Waals surface area contributed by atoms with Crippen molar-refractivity contribution in [2.75, 3.05) is 27.9 Å². The quantitative estimate of drug-likeness (QED) is 0.571. The molecule has 0 aliphatic carbocycles. The van der Waals surface area contributed by atoms with Crippen molar-refractivity contribution in [2.45, 2.75) is 6.54 Å². The van der Waals surface area contributed by atoms with Gasteiger partial charge in [-0.25, -0.2) is 0 Å². The van der Waals surface area contributed by atoms with Gasteiger partial charge in [-0.15, -0.1) is 0 Å². The third-order valence-corrected chi connectivity index (χ3v) is 5.53. The van der Waals surface area contributed by atoms with Gasteiger partial charge in [0.25, 0.3) is 5.91 Å². The molecule has 1 aromatic heterocycles. The number of carbonyl (C=O) groups is 1. The topological polar surface area (TPSA) is 62.1 Å². The van der Waals surface area contributed by atoms with Crippen LogP contribution in [0.1, 0.15) is 10.4 Å². The van der Waals surface area contributed by atoms with E-state index in [1.807, 2.05) is 22.8 Å². The molecule has 8 heteroatoms. The first kappa shape index (κ1) is 19.6. The SMILES string of the molecule is COCCn1c(=NC(=O)c2cccc(OC)c2OC)sc2cc(Br)ccc21. The van der Waals surface area contributed by atoms with E-state index in [-0.39, 0.29) is 5.91 Å². The van der Waals surface area contributed by atoms with E-state index in [0.29, 0.717) is 35.0 Å². The summed E-state index contributed by atoms with van der Waals surface area (Å²) in [5, 5.41) is 0. The molecule has 0 aliphatic rings. The van der Waals surface area contributed by atoms with E-state index < -0.39 is 0 Å². The molecule has 0 atom stereocenters. The zero-order valence-corrected chi connectivity index (χ0v) is 17.6. The zero-order chi connectivity index (χ0) is 19.4. The number of methoxy groups -OCH3 is 3. The van der Waals surface area contributed by atoms with E-state index in [9.17, 15) is 4.79 Å². The van der Waals surface area contributed by atoms with Gasteiger partial charge in [-0.05, 0) is 30.3 Å². The Kier molecular flexibility index (Phi) is 6.30. The van der Waals surface area contributed by atoms with E-state index >= 15 is 0 Å². The van der Waals surface area contributed by atoms with Crippen LogP contribution in [0.5, 0.6) is 11.5 Å². The summed E-state index contributed by atoms with van der Waals surface area (Å²) in [7, 11) is 4.69. The summed E-state index contributed by atoms with van der Waals surface area (Å²) >= 11 is 4.94. The van der Waals surface area contributed by atoms with Crippen molar-refractivity contribution in [3.8, 4) is 11.5 Å². The van der Waals surface area contributed by atoms with Gasteiger partial charge in [-0.1, -0.05) is 33.3 Å². The number of amides is 1. The predicted octanol–water partition coefficient (Wildman–Crippen LogP) is 3.87. The molecular formula is C19H19BrN2O4S. The summed E-state index contributed by atoms with van der Waals surface area (Å²) in [6.45, 7) is 1.12. The molecule has 0 saturated heterocycles. The Morgan fingerprint density at radius 3 is 2.70 bits per heavy atom. The van der Waals surface area contributed by atoms with Gasteiger partial charge in [-0.3, -0.25) is 4.79 Å². The molecule has 3 rings (SSSR count). The van der Waals surface area contributed by atoms with Gasteiger partial charge in [0.2, 0.25) is 0 Å². The molecule has 0 N–H and O–H groups in total. The molecule has 0 unspecified atom stereocenters. The number of halogens is 1. The zero-order valence-electron chi connectivity index (χ0n) is 15.2. The number of nitrogens with zero attached hydrogens (tertiary/aromatic N) is 2. The van der Waals surface area contributed by atoms with Crippen molar-refractivity contribution in [1.82, 2.24) is 4.57 Å². The van der Waals surface area contributed by atoms with Crippen LogP contribution in [0.25, 0.3) is 10.2 Å². The van der Waals surface area contributed by atoms with E-state index in [4.69, 9.17) is 14.2 Å². The fraction of sp³-hybridized carbons (Fsp3) is 0.263. The van der Waals surface area contributed by atoms with Crippen molar-refractivity contribution in [2.24, 2.45) is 4.99 Å². The van der Waals surface area contributed by atoms with E-state index in [1.54, 1.807) is 25.3 Å². The van der Waals surface area contributed by atoms with Crippen molar-refractivity contribution in [3.63, 3.8) is 0 Å². The van der Waals surface area contributed by atoms with Crippen LogP contribution in [0.15, 0.2) is 45.9 Å². The molecule has 0 saturated carbocycles. The standard InChI is InChI=1S/C19H19BrN2O4S/c1-24-10-9-22-14-8-7-12(20)11-16(14)27-19(22)21-18(23)13-5-4-6-15(25-2)17(13)26-3/h4-8,11H,9-10H2,1-3H3. The second-order valence-corrected chi connectivity index (χ2v) is 7.52. The molecule has 1 heterocycles. The van der Waals surface area contributed by atoms with Crippen LogP contribution in [0.2, 0.25) is 0 Å². The Morgan fingerprint density at radius 2 is 2.00 bits per heavy atom. The highest BCUT2D eigenvalue weighted by Gasteiger charge is 2.17. The number of para-hydroxylation sites is 1. The lowest BCUT2D eigenvalue weighted by molar-refractivity contribution is 0.0993. The van der Waals surface area contributed by atoms with Crippen LogP contribution >= 0.6 is 27.3 Å². The van der Waals surface area contributed by atoms with E-state index in [1.165, 1.54) is 25.6 Å². The fourth-order valence-electron chi connectivity index (χ4n) is 2.73. The second-order valence-electron chi connectivity index (χ2n) is 5.60. The van der Waals surface area contributed by atoms with Crippen molar-refractivity contribution >= 4 is 43.4 Å². The van der Waals surface area contributed by atoms with Gasteiger partial charge < -0.3 is 18.8 Å². The largest absolute Gasteiger partial charge is 0.493 e. The summed E-state index contributed by atoms with van der Waals surface area (Å²) in [5.74, 6) is 0.481. The third-order valence-electron chi connectivity index (χ3n) is 3.99. The number of carbonyl (C=O) groups excluding carboxylic acids is 1. The molecule has 0 spiro atoms. The number of benzene rings is 2. The lowest BCUT2D eigenvalue weighted by Gasteiger charge is -2.10. The summed E-state index contributed by atoms with van der Waals surface area (Å²) in [4.78, 5) is 17.9. The van der Waals surface area contributed by atoms with Crippen LogP contribution in [0.3, 0.4) is 0 Å². The molecule has 27 heavy (non-hydrogen) atoms. The van der Waals surface area contributed by atoms with Crippen molar-refractivity contribution in [1.29, 1.82) is 0 Å². The minimum Gasteiger partial charge on any atom is -0.493 e. The average Bonchev–Trinajstić information content (AvgIpc) is 3.01. The normalized spacial score (nSPS) is 11.8. The molecule has 0 radical (unpaired) electrons. The number of rotatable bonds is 6. The van der Waals surface area contributed by atoms with Crippen molar-refractivity contribution < 1.29 is 19.0 Å². The van der Waals surface area contributed by atoms with E-state index in [0.717, 1.165) is 14.7 Å². The van der Waals surface area contributed by atoms with Gasteiger partial charge in [-0.2, -0.15) is 4.99 Å². The van der Waals surface area contributed by atoms with E-state index in [2.05, 4.69) is 20.9 Å². The van der Waals surface area contributed by atoms with Crippen LogP contribution in [0, 0.1) is 0 Å². The number of aromatic nitrogens is 1. The maximum Gasteiger partial charge on any atom is 0.283 e. The maximum absolute atomic E-state index is 12.9. The first-order chi connectivity index (χ1) is 13.1. The lowest BCUT2D eigenvalue weighted by atomic mass is 10.2. The highest BCUT2D eigenvalue weighted by atomic mass is 79.9. The van der Waals surface area contributed by atoms with Gasteiger partial charge in [0, 0.05) is 18.1 Å². The Labute approximate surface area is 169 Å². The number of hydrogen-bond donors (Lipinski definition) is 0. The molecule has 3 aromatic rings. The Morgan fingerprint density at radius 1 is 1.19 bits per heavy atom. The molecular weight excluding hydrogens is 432 g/mol. The summed E-state index contributed by atoms with van der Waals surface area (Å²) in [6.07, 6.45) is 0. The highest BCUT2D eigenvalue weighted by molar-refractivity contribution is 9.10. The number of ether oxygens (including phenoxy) is 3. The first-order valence-corrected chi connectivity index (χ1v) is 9.78. The monoisotopic (exact) mass is 450 g/mol. The molecule has 1 amide bonds. The van der Waals surface area contributed by atoms with Crippen LogP contribution in [-0.4, -0.2) is 38.4 Å². The number of fused-ring (bicyclic) bond motifs is 1. The van der Waals surface area contributed by atoms with Crippen molar-refractivity contribution in [3.05, 3.63) is 51.2 Å². The molecule has 6 nitrogen and oxygen atoms in total. The average molecular weight is 451 g/mol. The first-order valence-electron chi connectivity index (χ1n) is 8.17. The molecule has 0 fully saturated rings.